The molecule has 21 heavy (non-hydrogen) atoms. The van der Waals surface area contributed by atoms with Crippen LogP contribution in [0.4, 0.5) is 0 Å². The Balaban J connectivity index is 1.68. The van der Waals surface area contributed by atoms with Crippen molar-refractivity contribution in [3.63, 3.8) is 0 Å². The molecule has 3 nitrogen and oxygen atoms in total. The molecule has 1 aromatic rings. The lowest BCUT2D eigenvalue weighted by Crippen LogP contribution is -2.54. The standard InChI is InChI=1S/C18H27N3/c1-17(2)14-9-10-18(3,11-14)15(17)21-16(19)20-12-13-7-5-4-6-8-13/h4-8,14-15H,9-12H2,1-3H3,(H3,19,20,21). The minimum atomic E-state index is 0.305. The van der Waals surface area contributed by atoms with Crippen molar-refractivity contribution in [3.05, 3.63) is 35.9 Å². The highest BCUT2D eigenvalue weighted by Gasteiger charge is 2.59. The molecule has 0 aromatic heterocycles. The minimum Gasteiger partial charge on any atom is -0.370 e. The van der Waals surface area contributed by atoms with Gasteiger partial charge in [-0.15, -0.1) is 0 Å². The summed E-state index contributed by atoms with van der Waals surface area (Å²) in [5.41, 5.74) is 8.03. The predicted molar refractivity (Wildman–Crippen MR) is 87.9 cm³/mol. The molecule has 3 N–H and O–H groups in total. The van der Waals surface area contributed by atoms with Crippen molar-refractivity contribution in [3.8, 4) is 0 Å². The van der Waals surface area contributed by atoms with Gasteiger partial charge in [-0.25, -0.2) is 4.99 Å². The van der Waals surface area contributed by atoms with Crippen LogP contribution in [0.2, 0.25) is 0 Å². The Labute approximate surface area is 128 Å². The van der Waals surface area contributed by atoms with E-state index in [4.69, 9.17) is 5.73 Å². The average Bonchev–Trinajstić information content (AvgIpc) is 2.94. The molecule has 0 amide bonds. The molecule has 0 saturated heterocycles. The summed E-state index contributed by atoms with van der Waals surface area (Å²) in [5, 5.41) is 3.54. The third-order valence-corrected chi connectivity index (χ3v) is 5.84. The largest absolute Gasteiger partial charge is 0.370 e. The van der Waals surface area contributed by atoms with E-state index in [2.05, 4.69) is 43.2 Å². The molecule has 2 fully saturated rings. The Hall–Kier alpha value is -1.51. The first-order chi connectivity index (χ1) is 9.92. The molecule has 2 aliphatic carbocycles. The van der Waals surface area contributed by atoms with Crippen LogP contribution in [0.3, 0.4) is 0 Å². The van der Waals surface area contributed by atoms with Gasteiger partial charge in [0.1, 0.15) is 0 Å². The number of hydrogen-bond donors (Lipinski definition) is 2. The maximum atomic E-state index is 6.15. The number of nitrogens with zero attached hydrogens (tertiary/aromatic N) is 1. The molecule has 1 aromatic carbocycles. The van der Waals surface area contributed by atoms with Crippen LogP contribution in [0.25, 0.3) is 0 Å². The Morgan fingerprint density at radius 1 is 1.29 bits per heavy atom. The second kappa shape index (κ2) is 5.04. The zero-order valence-corrected chi connectivity index (χ0v) is 13.4. The van der Waals surface area contributed by atoms with Crippen LogP contribution in [0.5, 0.6) is 0 Å². The van der Waals surface area contributed by atoms with E-state index in [9.17, 15) is 0 Å². The van der Waals surface area contributed by atoms with E-state index in [0.29, 0.717) is 29.4 Å². The highest BCUT2D eigenvalue weighted by molar-refractivity contribution is 5.78. The average molecular weight is 285 g/mol. The number of rotatable bonds is 3. The van der Waals surface area contributed by atoms with Gasteiger partial charge in [-0.05, 0) is 41.6 Å². The molecule has 3 unspecified atom stereocenters. The molecular formula is C18H27N3. The molecule has 0 aliphatic heterocycles. The fraction of sp³-hybridized carbons (Fsp3) is 0.611. The van der Waals surface area contributed by atoms with Crippen molar-refractivity contribution < 1.29 is 0 Å². The van der Waals surface area contributed by atoms with E-state index in [1.165, 1.54) is 24.8 Å². The van der Waals surface area contributed by atoms with Crippen LogP contribution in [0.15, 0.2) is 35.3 Å². The van der Waals surface area contributed by atoms with Crippen LogP contribution in [-0.2, 0) is 6.54 Å². The summed E-state index contributed by atoms with van der Waals surface area (Å²) in [6.07, 6.45) is 4.00. The van der Waals surface area contributed by atoms with Gasteiger partial charge in [0.15, 0.2) is 5.96 Å². The SMILES string of the molecule is CC12CCC(C1)C(C)(C)C2NC(N)=NCc1ccccc1. The van der Waals surface area contributed by atoms with Gasteiger partial charge in [-0.1, -0.05) is 51.1 Å². The van der Waals surface area contributed by atoms with E-state index >= 15 is 0 Å². The number of nitrogens with one attached hydrogen (secondary N) is 1. The van der Waals surface area contributed by atoms with Gasteiger partial charge in [-0.3, -0.25) is 0 Å². The number of benzene rings is 1. The van der Waals surface area contributed by atoms with E-state index in [1.54, 1.807) is 0 Å². The van der Waals surface area contributed by atoms with Crippen molar-refractivity contribution in [2.45, 2.75) is 52.6 Å². The lowest BCUT2D eigenvalue weighted by molar-refractivity contribution is 0.125. The van der Waals surface area contributed by atoms with Crippen LogP contribution in [0.1, 0.15) is 45.6 Å². The molecule has 2 aliphatic rings. The topological polar surface area (TPSA) is 50.4 Å². The Morgan fingerprint density at radius 2 is 2.00 bits per heavy atom. The monoisotopic (exact) mass is 285 g/mol. The van der Waals surface area contributed by atoms with Crippen molar-refractivity contribution in [2.24, 2.45) is 27.5 Å². The number of fused-ring (bicyclic) bond motifs is 2. The minimum absolute atomic E-state index is 0.305. The highest BCUT2D eigenvalue weighted by atomic mass is 15.1. The van der Waals surface area contributed by atoms with E-state index in [1.807, 2.05) is 18.2 Å². The molecule has 2 saturated carbocycles. The first-order valence-corrected chi connectivity index (χ1v) is 8.02. The molecule has 0 heterocycles. The lowest BCUT2D eigenvalue weighted by Gasteiger charge is -2.43. The van der Waals surface area contributed by atoms with Gasteiger partial charge in [0.2, 0.25) is 0 Å². The number of guanidine groups is 1. The molecule has 0 spiro atoms. The van der Waals surface area contributed by atoms with E-state index < -0.39 is 0 Å². The lowest BCUT2D eigenvalue weighted by atomic mass is 9.68. The summed E-state index contributed by atoms with van der Waals surface area (Å²) < 4.78 is 0. The van der Waals surface area contributed by atoms with Gasteiger partial charge >= 0.3 is 0 Å². The van der Waals surface area contributed by atoms with Gasteiger partial charge in [0.05, 0.1) is 6.54 Å². The van der Waals surface area contributed by atoms with Crippen molar-refractivity contribution in [1.82, 2.24) is 5.32 Å². The molecular weight excluding hydrogens is 258 g/mol. The molecule has 0 radical (unpaired) electrons. The van der Waals surface area contributed by atoms with E-state index in [0.717, 1.165) is 5.92 Å². The maximum Gasteiger partial charge on any atom is 0.189 e. The third kappa shape index (κ3) is 2.54. The zero-order chi connectivity index (χ0) is 15.1. The summed E-state index contributed by atoms with van der Waals surface area (Å²) in [6.45, 7) is 7.81. The second-order valence-corrected chi connectivity index (χ2v) is 7.68. The molecule has 3 heteroatoms. The molecule has 114 valence electrons. The predicted octanol–water partition coefficient (Wildman–Crippen LogP) is 3.31. The summed E-state index contributed by atoms with van der Waals surface area (Å²) in [5.74, 6) is 1.41. The van der Waals surface area contributed by atoms with Crippen molar-refractivity contribution in [1.29, 1.82) is 0 Å². The fourth-order valence-electron chi connectivity index (χ4n) is 4.62. The Morgan fingerprint density at radius 3 is 2.62 bits per heavy atom. The van der Waals surface area contributed by atoms with Gasteiger partial charge in [0.25, 0.3) is 0 Å². The summed E-state index contributed by atoms with van der Waals surface area (Å²) in [6, 6.07) is 10.7. The van der Waals surface area contributed by atoms with Crippen LogP contribution in [-0.4, -0.2) is 12.0 Å². The molecule has 3 rings (SSSR count). The summed E-state index contributed by atoms with van der Waals surface area (Å²) in [7, 11) is 0. The normalized spacial score (nSPS) is 34.1. The second-order valence-electron chi connectivity index (χ2n) is 7.68. The third-order valence-electron chi connectivity index (χ3n) is 5.84. The van der Waals surface area contributed by atoms with Crippen molar-refractivity contribution >= 4 is 5.96 Å². The van der Waals surface area contributed by atoms with Crippen LogP contribution >= 0.6 is 0 Å². The summed E-state index contributed by atoms with van der Waals surface area (Å²) >= 11 is 0. The first kappa shape index (κ1) is 14.4. The number of nitrogens with two attached hydrogens (primary N) is 1. The Bertz CT molecular complexity index is 530. The van der Waals surface area contributed by atoms with E-state index in [-0.39, 0.29) is 0 Å². The quantitative estimate of drug-likeness (QED) is 0.661. The number of aliphatic imine (C=N–C) groups is 1. The van der Waals surface area contributed by atoms with Crippen molar-refractivity contribution in [2.75, 3.05) is 0 Å². The number of hydrogen-bond acceptors (Lipinski definition) is 1. The first-order valence-electron chi connectivity index (χ1n) is 8.02. The smallest absolute Gasteiger partial charge is 0.189 e. The zero-order valence-electron chi connectivity index (χ0n) is 13.4. The van der Waals surface area contributed by atoms with Gasteiger partial charge in [0, 0.05) is 6.04 Å². The van der Waals surface area contributed by atoms with Gasteiger partial charge in [-0.2, -0.15) is 0 Å². The van der Waals surface area contributed by atoms with Crippen LogP contribution < -0.4 is 11.1 Å². The maximum absolute atomic E-state index is 6.15. The fourth-order valence-corrected chi connectivity index (χ4v) is 4.62. The highest BCUT2D eigenvalue weighted by Crippen LogP contribution is 2.62. The molecule has 2 bridgehead atoms. The molecule has 3 atom stereocenters. The van der Waals surface area contributed by atoms with Gasteiger partial charge < -0.3 is 11.1 Å². The Kier molecular flexibility index (Phi) is 3.46. The van der Waals surface area contributed by atoms with Crippen LogP contribution in [0, 0.1) is 16.7 Å². The summed E-state index contributed by atoms with van der Waals surface area (Å²) in [4.78, 5) is 4.52.